The first-order chi connectivity index (χ1) is 9.35. The van der Waals surface area contributed by atoms with Gasteiger partial charge in [-0.05, 0) is 61.6 Å². The Labute approximate surface area is 121 Å². The molecule has 0 aromatic heterocycles. The van der Waals surface area contributed by atoms with Gasteiger partial charge in [0.1, 0.15) is 0 Å². The van der Waals surface area contributed by atoms with Crippen LogP contribution in [0.25, 0.3) is 0 Å². The molecule has 0 amide bonds. The van der Waals surface area contributed by atoms with Crippen LogP contribution in [-0.2, 0) is 6.42 Å². The number of phenols is 1. The van der Waals surface area contributed by atoms with Crippen LogP contribution in [0.3, 0.4) is 0 Å². The predicted molar refractivity (Wildman–Crippen MR) is 80.0 cm³/mol. The molecule has 3 nitrogen and oxygen atoms in total. The molecule has 3 rings (SSSR count). The molecule has 1 aromatic carbocycles. The SMILES string of the molecule is CC1(C)CCC(Oc2cc(CC3(N)CC3)ccc2O)C1. The molecular weight excluding hydrogens is 250 g/mol. The molecule has 0 aliphatic heterocycles. The van der Waals surface area contributed by atoms with Crippen molar-refractivity contribution in [1.82, 2.24) is 0 Å². The van der Waals surface area contributed by atoms with Crippen LogP contribution in [0.4, 0.5) is 0 Å². The summed E-state index contributed by atoms with van der Waals surface area (Å²) in [5.74, 6) is 0.856. The molecule has 110 valence electrons. The van der Waals surface area contributed by atoms with E-state index in [0.29, 0.717) is 11.2 Å². The fourth-order valence-corrected chi connectivity index (χ4v) is 3.16. The smallest absolute Gasteiger partial charge is 0.161 e. The molecule has 0 radical (unpaired) electrons. The number of aromatic hydroxyl groups is 1. The molecule has 0 heterocycles. The standard InChI is InChI=1S/C17H25NO2/c1-16(2)6-5-13(11-16)20-15-9-12(3-4-14(15)19)10-17(18)7-8-17/h3-4,9,13,19H,5-8,10-11,18H2,1-2H3. The Bertz CT molecular complexity index is 506. The molecule has 1 atom stereocenters. The minimum atomic E-state index is -0.0103. The Morgan fingerprint density at radius 1 is 1.30 bits per heavy atom. The molecular formula is C17H25NO2. The van der Waals surface area contributed by atoms with Gasteiger partial charge in [-0.1, -0.05) is 19.9 Å². The van der Waals surface area contributed by atoms with Crippen molar-refractivity contribution in [2.75, 3.05) is 0 Å². The number of hydrogen-bond acceptors (Lipinski definition) is 3. The molecule has 0 bridgehead atoms. The van der Waals surface area contributed by atoms with Crippen LogP contribution in [0.5, 0.6) is 11.5 Å². The number of ether oxygens (including phenoxy) is 1. The maximum atomic E-state index is 9.98. The van der Waals surface area contributed by atoms with Gasteiger partial charge in [0, 0.05) is 5.54 Å². The van der Waals surface area contributed by atoms with Gasteiger partial charge in [0.15, 0.2) is 11.5 Å². The molecule has 3 N–H and O–H groups in total. The highest BCUT2D eigenvalue weighted by Gasteiger charge is 2.38. The second kappa shape index (κ2) is 4.66. The van der Waals surface area contributed by atoms with E-state index in [0.717, 1.165) is 37.7 Å². The Morgan fingerprint density at radius 2 is 2.05 bits per heavy atom. The van der Waals surface area contributed by atoms with E-state index in [9.17, 15) is 5.11 Å². The maximum absolute atomic E-state index is 9.98. The van der Waals surface area contributed by atoms with Gasteiger partial charge in [-0.3, -0.25) is 0 Å². The molecule has 2 saturated carbocycles. The molecule has 2 fully saturated rings. The van der Waals surface area contributed by atoms with Crippen molar-refractivity contribution in [3.8, 4) is 11.5 Å². The zero-order valence-corrected chi connectivity index (χ0v) is 12.5. The quantitative estimate of drug-likeness (QED) is 0.885. The van der Waals surface area contributed by atoms with E-state index in [-0.39, 0.29) is 17.4 Å². The van der Waals surface area contributed by atoms with Gasteiger partial charge in [-0.15, -0.1) is 0 Å². The lowest BCUT2D eigenvalue weighted by molar-refractivity contribution is 0.186. The van der Waals surface area contributed by atoms with E-state index >= 15 is 0 Å². The van der Waals surface area contributed by atoms with Crippen LogP contribution in [0, 0.1) is 5.41 Å². The normalized spacial score (nSPS) is 26.4. The van der Waals surface area contributed by atoms with Gasteiger partial charge in [-0.2, -0.15) is 0 Å². The lowest BCUT2D eigenvalue weighted by Gasteiger charge is -2.19. The molecule has 2 aliphatic rings. The van der Waals surface area contributed by atoms with E-state index < -0.39 is 0 Å². The Morgan fingerprint density at radius 3 is 2.65 bits per heavy atom. The van der Waals surface area contributed by atoms with Crippen molar-refractivity contribution in [2.24, 2.45) is 11.1 Å². The average molecular weight is 275 g/mol. The highest BCUT2D eigenvalue weighted by molar-refractivity contribution is 5.42. The third-order valence-corrected chi connectivity index (χ3v) is 4.69. The summed E-state index contributed by atoms with van der Waals surface area (Å²) in [6.45, 7) is 4.55. The number of benzene rings is 1. The Hall–Kier alpha value is -1.22. The third-order valence-electron chi connectivity index (χ3n) is 4.69. The van der Waals surface area contributed by atoms with Crippen molar-refractivity contribution >= 4 is 0 Å². The van der Waals surface area contributed by atoms with Gasteiger partial charge < -0.3 is 15.6 Å². The first-order valence-electron chi connectivity index (χ1n) is 7.63. The van der Waals surface area contributed by atoms with Gasteiger partial charge in [0.25, 0.3) is 0 Å². The van der Waals surface area contributed by atoms with E-state index in [1.54, 1.807) is 6.07 Å². The van der Waals surface area contributed by atoms with E-state index in [4.69, 9.17) is 10.5 Å². The summed E-state index contributed by atoms with van der Waals surface area (Å²) < 4.78 is 6.03. The molecule has 1 aromatic rings. The monoisotopic (exact) mass is 275 g/mol. The zero-order chi connectivity index (χ0) is 14.4. The molecule has 0 saturated heterocycles. The predicted octanol–water partition coefficient (Wildman–Crippen LogP) is 3.38. The van der Waals surface area contributed by atoms with Crippen LogP contribution in [0.2, 0.25) is 0 Å². The first kappa shape index (κ1) is 13.7. The average Bonchev–Trinajstić information content (AvgIpc) is 2.97. The minimum absolute atomic E-state index is 0.0103. The number of rotatable bonds is 4. The number of phenolic OH excluding ortho intramolecular Hbond substituents is 1. The largest absolute Gasteiger partial charge is 0.504 e. The third kappa shape index (κ3) is 3.09. The highest BCUT2D eigenvalue weighted by Crippen LogP contribution is 2.41. The maximum Gasteiger partial charge on any atom is 0.161 e. The van der Waals surface area contributed by atoms with Crippen molar-refractivity contribution in [2.45, 2.75) is 64.0 Å². The van der Waals surface area contributed by atoms with Gasteiger partial charge in [0.05, 0.1) is 6.10 Å². The molecule has 0 spiro atoms. The summed E-state index contributed by atoms with van der Waals surface area (Å²) in [5.41, 5.74) is 7.67. The topological polar surface area (TPSA) is 55.5 Å². The fourth-order valence-electron chi connectivity index (χ4n) is 3.16. The van der Waals surface area contributed by atoms with Gasteiger partial charge in [-0.25, -0.2) is 0 Å². The summed E-state index contributed by atoms with van der Waals surface area (Å²) in [4.78, 5) is 0. The summed E-state index contributed by atoms with van der Waals surface area (Å²) in [6, 6.07) is 5.65. The summed E-state index contributed by atoms with van der Waals surface area (Å²) in [7, 11) is 0. The summed E-state index contributed by atoms with van der Waals surface area (Å²) in [6.07, 6.45) is 6.60. The highest BCUT2D eigenvalue weighted by atomic mass is 16.5. The van der Waals surface area contributed by atoms with E-state index in [2.05, 4.69) is 13.8 Å². The minimum Gasteiger partial charge on any atom is -0.504 e. The number of hydrogen-bond donors (Lipinski definition) is 2. The molecule has 20 heavy (non-hydrogen) atoms. The van der Waals surface area contributed by atoms with Crippen LogP contribution in [-0.4, -0.2) is 16.7 Å². The van der Waals surface area contributed by atoms with E-state index in [1.165, 1.54) is 6.42 Å². The van der Waals surface area contributed by atoms with Crippen molar-refractivity contribution in [1.29, 1.82) is 0 Å². The lowest BCUT2D eigenvalue weighted by Crippen LogP contribution is -2.24. The second-order valence-corrected chi connectivity index (χ2v) is 7.49. The van der Waals surface area contributed by atoms with Crippen molar-refractivity contribution < 1.29 is 9.84 Å². The molecule has 1 unspecified atom stereocenters. The summed E-state index contributed by atoms with van der Waals surface area (Å²) in [5, 5.41) is 9.98. The van der Waals surface area contributed by atoms with Crippen molar-refractivity contribution in [3.05, 3.63) is 23.8 Å². The Kier molecular flexibility index (Phi) is 3.20. The van der Waals surface area contributed by atoms with Crippen molar-refractivity contribution in [3.63, 3.8) is 0 Å². The number of nitrogens with two attached hydrogens (primary N) is 1. The second-order valence-electron chi connectivity index (χ2n) is 7.49. The van der Waals surface area contributed by atoms with Crippen LogP contribution < -0.4 is 10.5 Å². The molecule has 3 heteroatoms. The first-order valence-corrected chi connectivity index (χ1v) is 7.63. The fraction of sp³-hybridized carbons (Fsp3) is 0.647. The lowest BCUT2D eigenvalue weighted by atomic mass is 9.92. The Balaban J connectivity index is 1.70. The van der Waals surface area contributed by atoms with Crippen LogP contribution >= 0.6 is 0 Å². The van der Waals surface area contributed by atoms with Crippen LogP contribution in [0.15, 0.2) is 18.2 Å². The summed E-state index contributed by atoms with van der Waals surface area (Å²) >= 11 is 0. The van der Waals surface area contributed by atoms with Gasteiger partial charge >= 0.3 is 0 Å². The zero-order valence-electron chi connectivity index (χ0n) is 12.5. The molecule has 2 aliphatic carbocycles. The van der Waals surface area contributed by atoms with E-state index in [1.807, 2.05) is 12.1 Å². The van der Waals surface area contributed by atoms with Gasteiger partial charge in [0.2, 0.25) is 0 Å². The van der Waals surface area contributed by atoms with Crippen LogP contribution in [0.1, 0.15) is 51.5 Å².